The lowest BCUT2D eigenvalue weighted by Crippen LogP contribution is -2.35. The Balaban J connectivity index is 1.22. The molecule has 0 atom stereocenters. The Morgan fingerprint density at radius 2 is 0.920 bits per heavy atom. The van der Waals surface area contributed by atoms with Crippen molar-refractivity contribution in [1.82, 2.24) is 0 Å². The Labute approximate surface area is 297 Å². The van der Waals surface area contributed by atoms with Crippen molar-refractivity contribution in [2.24, 2.45) is 0 Å². The largest absolute Gasteiger partial charge is 0.310 e. The lowest BCUT2D eigenvalue weighted by atomic mass is 9.62. The fraction of sp³-hybridized carbons (Fsp3) is 0.167. The van der Waals surface area contributed by atoms with Crippen LogP contribution in [0.25, 0.3) is 21.9 Å². The monoisotopic (exact) mass is 648 g/mol. The molecule has 0 unspecified atom stereocenters. The number of fused-ring (bicyclic) bond motifs is 2. The highest BCUT2D eigenvalue weighted by molar-refractivity contribution is 5.99. The Hall–Kier alpha value is -5.60. The Bertz CT molecular complexity index is 2260. The number of hydrogen-bond donors (Lipinski definition) is 0. The summed E-state index contributed by atoms with van der Waals surface area (Å²) < 4.78 is 0. The second-order valence-electron chi connectivity index (χ2n) is 14.9. The van der Waals surface area contributed by atoms with Crippen molar-refractivity contribution in [3.8, 4) is 11.1 Å². The van der Waals surface area contributed by atoms with Gasteiger partial charge in [-0.2, -0.15) is 0 Å². The first-order valence-corrected chi connectivity index (χ1v) is 17.8. The first-order valence-electron chi connectivity index (χ1n) is 17.8. The SMILES string of the molecule is CC1(C)CCC(C)(C)c2c(N(c3ccccc3)c3cccc(-c4ccc(N(c5ccccc5)c5cccc6ccccc56)cc4)c3)cccc21. The first-order chi connectivity index (χ1) is 24.3. The molecule has 0 heterocycles. The maximum absolute atomic E-state index is 2.47. The third-order valence-corrected chi connectivity index (χ3v) is 10.7. The number of benzene rings is 7. The van der Waals surface area contributed by atoms with Crippen LogP contribution in [0, 0.1) is 0 Å². The van der Waals surface area contributed by atoms with Crippen molar-refractivity contribution in [3.63, 3.8) is 0 Å². The molecule has 0 aliphatic heterocycles. The van der Waals surface area contributed by atoms with Gasteiger partial charge in [0, 0.05) is 28.1 Å². The van der Waals surface area contributed by atoms with Gasteiger partial charge in [0.05, 0.1) is 11.4 Å². The lowest BCUT2D eigenvalue weighted by Gasteiger charge is -2.44. The van der Waals surface area contributed by atoms with E-state index in [1.165, 1.54) is 56.5 Å². The van der Waals surface area contributed by atoms with Crippen molar-refractivity contribution in [2.45, 2.75) is 51.4 Å². The van der Waals surface area contributed by atoms with Crippen molar-refractivity contribution in [1.29, 1.82) is 0 Å². The van der Waals surface area contributed by atoms with Gasteiger partial charge in [-0.25, -0.2) is 0 Å². The van der Waals surface area contributed by atoms with Gasteiger partial charge in [-0.1, -0.05) is 137 Å². The number of hydrogen-bond acceptors (Lipinski definition) is 2. The molecule has 7 aromatic rings. The van der Waals surface area contributed by atoms with Crippen molar-refractivity contribution >= 4 is 44.9 Å². The predicted molar refractivity (Wildman–Crippen MR) is 214 cm³/mol. The van der Waals surface area contributed by atoms with Crippen LogP contribution in [0.5, 0.6) is 0 Å². The van der Waals surface area contributed by atoms with Gasteiger partial charge in [-0.05, 0) is 112 Å². The summed E-state index contributed by atoms with van der Waals surface area (Å²) in [4.78, 5) is 4.83. The smallest absolute Gasteiger partial charge is 0.0540 e. The highest BCUT2D eigenvalue weighted by Crippen LogP contribution is 2.52. The zero-order valence-electron chi connectivity index (χ0n) is 29.5. The minimum absolute atomic E-state index is 0.0661. The molecule has 0 saturated heterocycles. The van der Waals surface area contributed by atoms with Crippen molar-refractivity contribution < 1.29 is 0 Å². The van der Waals surface area contributed by atoms with Gasteiger partial charge in [-0.3, -0.25) is 0 Å². The van der Waals surface area contributed by atoms with Gasteiger partial charge < -0.3 is 9.80 Å². The minimum atomic E-state index is 0.0661. The van der Waals surface area contributed by atoms with E-state index in [1.807, 2.05) is 0 Å². The molecular formula is C48H44N2. The summed E-state index contributed by atoms with van der Waals surface area (Å²) >= 11 is 0. The van der Waals surface area contributed by atoms with Gasteiger partial charge in [-0.15, -0.1) is 0 Å². The molecule has 2 heteroatoms. The predicted octanol–water partition coefficient (Wildman–Crippen LogP) is 13.8. The van der Waals surface area contributed by atoms with Crippen LogP contribution in [-0.2, 0) is 10.8 Å². The third-order valence-electron chi connectivity index (χ3n) is 10.7. The fourth-order valence-corrected chi connectivity index (χ4v) is 7.93. The van der Waals surface area contributed by atoms with Crippen LogP contribution < -0.4 is 9.80 Å². The van der Waals surface area contributed by atoms with Gasteiger partial charge in [0.25, 0.3) is 0 Å². The van der Waals surface area contributed by atoms with Gasteiger partial charge in [0.2, 0.25) is 0 Å². The molecule has 50 heavy (non-hydrogen) atoms. The number of rotatable bonds is 7. The summed E-state index contributed by atoms with van der Waals surface area (Å²) in [7, 11) is 0. The fourth-order valence-electron chi connectivity index (χ4n) is 7.93. The molecule has 0 N–H and O–H groups in total. The zero-order valence-corrected chi connectivity index (χ0v) is 29.5. The van der Waals surface area contributed by atoms with Crippen LogP contribution in [0.2, 0.25) is 0 Å². The quantitative estimate of drug-likeness (QED) is 0.170. The summed E-state index contributed by atoms with van der Waals surface area (Å²) in [6.07, 6.45) is 2.35. The van der Waals surface area contributed by atoms with Crippen LogP contribution in [0.15, 0.2) is 170 Å². The molecule has 0 bridgehead atoms. The van der Waals surface area contributed by atoms with Crippen LogP contribution >= 0.6 is 0 Å². The lowest BCUT2D eigenvalue weighted by molar-refractivity contribution is 0.332. The van der Waals surface area contributed by atoms with Gasteiger partial charge in [0.15, 0.2) is 0 Å². The summed E-state index contributed by atoms with van der Waals surface area (Å²) in [5.41, 5.74) is 12.5. The summed E-state index contributed by atoms with van der Waals surface area (Å²) in [5.74, 6) is 0. The molecule has 0 aromatic heterocycles. The van der Waals surface area contributed by atoms with E-state index in [-0.39, 0.29) is 10.8 Å². The second-order valence-corrected chi connectivity index (χ2v) is 14.9. The molecule has 1 aliphatic rings. The van der Waals surface area contributed by atoms with E-state index in [0.29, 0.717) is 0 Å². The molecule has 8 rings (SSSR count). The molecule has 2 nitrogen and oxygen atoms in total. The topological polar surface area (TPSA) is 6.48 Å². The van der Waals surface area contributed by atoms with Gasteiger partial charge in [0.1, 0.15) is 0 Å². The van der Waals surface area contributed by atoms with E-state index < -0.39 is 0 Å². The Kier molecular flexibility index (Phi) is 8.04. The zero-order chi connectivity index (χ0) is 34.3. The second kappa shape index (κ2) is 12.7. The molecule has 1 aliphatic carbocycles. The van der Waals surface area contributed by atoms with E-state index in [0.717, 1.165) is 23.5 Å². The van der Waals surface area contributed by atoms with Crippen LogP contribution in [0.1, 0.15) is 51.7 Å². The van der Waals surface area contributed by atoms with E-state index in [9.17, 15) is 0 Å². The van der Waals surface area contributed by atoms with Gasteiger partial charge >= 0.3 is 0 Å². The van der Waals surface area contributed by atoms with E-state index in [2.05, 4.69) is 207 Å². The summed E-state index contributed by atoms with van der Waals surface area (Å²) in [6, 6.07) is 61.7. The molecule has 246 valence electrons. The summed E-state index contributed by atoms with van der Waals surface area (Å²) in [5, 5.41) is 2.46. The Morgan fingerprint density at radius 3 is 1.64 bits per heavy atom. The minimum Gasteiger partial charge on any atom is -0.310 e. The first kappa shape index (κ1) is 31.7. The number of anilines is 6. The van der Waals surface area contributed by atoms with E-state index >= 15 is 0 Å². The maximum atomic E-state index is 2.47. The highest BCUT2D eigenvalue weighted by Gasteiger charge is 2.39. The molecular weight excluding hydrogens is 605 g/mol. The molecule has 0 fully saturated rings. The van der Waals surface area contributed by atoms with Crippen LogP contribution in [0.3, 0.4) is 0 Å². The summed E-state index contributed by atoms with van der Waals surface area (Å²) in [6.45, 7) is 9.65. The third kappa shape index (κ3) is 5.75. The van der Waals surface area contributed by atoms with Crippen LogP contribution in [0.4, 0.5) is 34.1 Å². The Morgan fingerprint density at radius 1 is 0.400 bits per heavy atom. The van der Waals surface area contributed by atoms with Crippen molar-refractivity contribution in [2.75, 3.05) is 9.80 Å². The molecule has 0 spiro atoms. The molecule has 0 amide bonds. The van der Waals surface area contributed by atoms with Crippen LogP contribution in [-0.4, -0.2) is 0 Å². The average Bonchev–Trinajstić information content (AvgIpc) is 3.15. The molecule has 0 saturated carbocycles. The normalized spacial score (nSPS) is 14.6. The number of nitrogens with zero attached hydrogens (tertiary/aromatic N) is 2. The maximum Gasteiger partial charge on any atom is 0.0540 e. The standard InChI is InChI=1S/C48H44N2/c1-47(2)32-33-48(3,4)46-43(47)25-15-27-45(46)50(39-21-9-6-10-22-39)41-23-13-18-37(34-41)35-28-30-40(31-29-35)49(38-19-7-5-8-20-38)44-26-14-17-36-16-11-12-24-42(36)44/h5-31,34H,32-33H2,1-4H3. The molecule has 7 aromatic carbocycles. The highest BCUT2D eigenvalue weighted by atomic mass is 15.2. The molecule has 0 radical (unpaired) electrons. The average molecular weight is 649 g/mol. The van der Waals surface area contributed by atoms with E-state index in [1.54, 1.807) is 0 Å². The van der Waals surface area contributed by atoms with Crippen molar-refractivity contribution in [3.05, 3.63) is 181 Å². The number of para-hydroxylation sites is 2. The van der Waals surface area contributed by atoms with E-state index in [4.69, 9.17) is 0 Å².